The molecule has 4 fully saturated rings. The second kappa shape index (κ2) is 9.67. The van der Waals surface area contributed by atoms with Crippen molar-refractivity contribution in [3.05, 3.63) is 23.8 Å². The standard InChI is InChI=1S/C28H41N3.C2H6/c1-18(15-26-30-14-11-20(17-29)31-26)24-7-8-25-23-6-5-19-16-27(2,3)12-9-21(19)22(23)10-13-28(24,25)4;1-2/h11,14,18-19,21-25H,5-10,12-13,15-16H2,1-4H3;1-2H3/t18-,19?,21?,22?,23?,24?,25?,28?;/m1./s1. The minimum Gasteiger partial charge on any atom is -0.241 e. The van der Waals surface area contributed by atoms with Crippen molar-refractivity contribution in [3.63, 3.8) is 0 Å². The van der Waals surface area contributed by atoms with Crippen LogP contribution in [0.2, 0.25) is 0 Å². The molecular formula is C30H47N3. The summed E-state index contributed by atoms with van der Waals surface area (Å²) in [5.41, 5.74) is 1.57. The van der Waals surface area contributed by atoms with Crippen LogP contribution in [-0.4, -0.2) is 9.97 Å². The highest BCUT2D eigenvalue weighted by molar-refractivity contribution is 5.18. The highest BCUT2D eigenvalue weighted by atomic mass is 14.9. The van der Waals surface area contributed by atoms with Gasteiger partial charge in [-0.2, -0.15) is 5.26 Å². The van der Waals surface area contributed by atoms with E-state index in [1.165, 1.54) is 57.8 Å². The second-order valence-corrected chi connectivity index (χ2v) is 12.7. The molecule has 1 aromatic heterocycles. The lowest BCUT2D eigenvalue weighted by atomic mass is 9.48. The van der Waals surface area contributed by atoms with E-state index in [4.69, 9.17) is 0 Å². The SMILES string of the molecule is CC.C[C@H](Cc1nccc(C#N)n1)C1CCC2C3CCC4CC(C)(C)CCC4C3CCC21C. The summed E-state index contributed by atoms with van der Waals surface area (Å²) in [6.07, 6.45) is 15.8. The molecule has 1 heterocycles. The van der Waals surface area contributed by atoms with Gasteiger partial charge in [0.05, 0.1) is 0 Å². The van der Waals surface area contributed by atoms with Gasteiger partial charge in [0.15, 0.2) is 0 Å². The zero-order valence-corrected chi connectivity index (χ0v) is 22.1. The average molecular weight is 450 g/mol. The third kappa shape index (κ3) is 4.61. The summed E-state index contributed by atoms with van der Waals surface area (Å²) in [5.74, 6) is 7.18. The molecular weight excluding hydrogens is 402 g/mol. The maximum Gasteiger partial charge on any atom is 0.144 e. The molecule has 4 aliphatic carbocycles. The Bertz CT molecular complexity index is 854. The van der Waals surface area contributed by atoms with Crippen LogP contribution in [0.15, 0.2) is 12.3 Å². The van der Waals surface area contributed by atoms with Gasteiger partial charge in [-0.3, -0.25) is 0 Å². The number of nitrogens with zero attached hydrogens (tertiary/aromatic N) is 3. The maximum atomic E-state index is 9.18. The van der Waals surface area contributed by atoms with Crippen LogP contribution in [0, 0.1) is 63.6 Å². The fourth-order valence-corrected chi connectivity index (χ4v) is 9.27. The lowest BCUT2D eigenvalue weighted by Crippen LogP contribution is -2.49. The van der Waals surface area contributed by atoms with E-state index < -0.39 is 0 Å². The molecule has 3 heteroatoms. The van der Waals surface area contributed by atoms with Gasteiger partial charge in [-0.1, -0.05) is 41.5 Å². The lowest BCUT2D eigenvalue weighted by molar-refractivity contribution is -0.0808. The Balaban J connectivity index is 0.00000126. The van der Waals surface area contributed by atoms with Crippen LogP contribution in [0.4, 0.5) is 0 Å². The number of fused-ring (bicyclic) bond motifs is 5. The molecule has 0 amide bonds. The van der Waals surface area contributed by atoms with Gasteiger partial charge < -0.3 is 0 Å². The molecule has 0 aromatic carbocycles. The molecule has 3 nitrogen and oxygen atoms in total. The summed E-state index contributed by atoms with van der Waals surface area (Å²) in [7, 11) is 0. The van der Waals surface area contributed by atoms with Crippen molar-refractivity contribution >= 4 is 0 Å². The first-order chi connectivity index (χ1) is 15.8. The summed E-state index contributed by atoms with van der Waals surface area (Å²) in [6, 6.07) is 3.88. The van der Waals surface area contributed by atoms with Crippen LogP contribution >= 0.6 is 0 Å². The number of hydrogen-bond acceptors (Lipinski definition) is 3. The highest BCUT2D eigenvalue weighted by Crippen LogP contribution is 2.66. The average Bonchev–Trinajstić information content (AvgIpc) is 3.17. The number of rotatable bonds is 3. The molecule has 0 radical (unpaired) electrons. The molecule has 33 heavy (non-hydrogen) atoms. The van der Waals surface area contributed by atoms with Crippen LogP contribution in [-0.2, 0) is 6.42 Å². The van der Waals surface area contributed by atoms with Gasteiger partial charge in [0.1, 0.15) is 17.6 Å². The third-order valence-electron chi connectivity index (χ3n) is 10.6. The van der Waals surface area contributed by atoms with Gasteiger partial charge in [0.2, 0.25) is 0 Å². The molecule has 1 aromatic rings. The van der Waals surface area contributed by atoms with Gasteiger partial charge in [0.25, 0.3) is 0 Å². The zero-order chi connectivity index (χ0) is 23.8. The molecule has 182 valence electrons. The van der Waals surface area contributed by atoms with Crippen LogP contribution in [0.25, 0.3) is 0 Å². The normalized spacial score (nSPS) is 39.7. The van der Waals surface area contributed by atoms with E-state index >= 15 is 0 Å². The van der Waals surface area contributed by atoms with E-state index in [9.17, 15) is 5.26 Å². The fraction of sp³-hybridized carbons (Fsp3) is 0.833. The Labute approximate surface area is 203 Å². The van der Waals surface area contributed by atoms with Crippen molar-refractivity contribution in [2.45, 2.75) is 106 Å². The molecule has 0 bridgehead atoms. The molecule has 0 N–H and O–H groups in total. The number of nitriles is 1. The Hall–Kier alpha value is -1.43. The van der Waals surface area contributed by atoms with Gasteiger partial charge in [-0.15, -0.1) is 0 Å². The molecule has 8 atom stereocenters. The monoisotopic (exact) mass is 449 g/mol. The van der Waals surface area contributed by atoms with E-state index in [1.807, 2.05) is 13.8 Å². The predicted molar refractivity (Wildman–Crippen MR) is 135 cm³/mol. The van der Waals surface area contributed by atoms with E-state index in [0.29, 0.717) is 22.4 Å². The highest BCUT2D eigenvalue weighted by Gasteiger charge is 2.57. The first-order valence-electron chi connectivity index (χ1n) is 14.0. The summed E-state index contributed by atoms with van der Waals surface area (Å²) in [5, 5.41) is 9.18. The van der Waals surface area contributed by atoms with Crippen molar-refractivity contribution in [1.29, 1.82) is 5.26 Å². The van der Waals surface area contributed by atoms with E-state index in [2.05, 4.69) is 43.7 Å². The van der Waals surface area contributed by atoms with E-state index in [0.717, 1.165) is 47.8 Å². The van der Waals surface area contributed by atoms with Gasteiger partial charge >= 0.3 is 0 Å². The van der Waals surface area contributed by atoms with Crippen LogP contribution in [0.1, 0.15) is 111 Å². The minimum atomic E-state index is 0.494. The largest absolute Gasteiger partial charge is 0.241 e. The molecule has 5 rings (SSSR count). The smallest absolute Gasteiger partial charge is 0.144 e. The van der Waals surface area contributed by atoms with Gasteiger partial charge in [-0.05, 0) is 116 Å². The fourth-order valence-electron chi connectivity index (χ4n) is 9.27. The van der Waals surface area contributed by atoms with Gasteiger partial charge in [0, 0.05) is 12.6 Å². The lowest BCUT2D eigenvalue weighted by Gasteiger charge is -2.57. The van der Waals surface area contributed by atoms with E-state index in [1.54, 1.807) is 12.3 Å². The maximum absolute atomic E-state index is 9.18. The second-order valence-electron chi connectivity index (χ2n) is 12.7. The van der Waals surface area contributed by atoms with E-state index in [-0.39, 0.29) is 0 Å². The number of aromatic nitrogens is 2. The molecule has 0 saturated heterocycles. The molecule has 7 unspecified atom stereocenters. The molecule has 0 aliphatic heterocycles. The molecule has 4 aliphatic rings. The Kier molecular flexibility index (Phi) is 7.24. The zero-order valence-electron chi connectivity index (χ0n) is 22.1. The third-order valence-corrected chi connectivity index (χ3v) is 10.6. The van der Waals surface area contributed by atoms with Crippen LogP contribution in [0.5, 0.6) is 0 Å². The molecule has 0 spiro atoms. The van der Waals surface area contributed by atoms with Crippen molar-refractivity contribution in [3.8, 4) is 6.07 Å². The summed E-state index contributed by atoms with van der Waals surface area (Å²) >= 11 is 0. The van der Waals surface area contributed by atoms with Gasteiger partial charge in [-0.25, -0.2) is 9.97 Å². The van der Waals surface area contributed by atoms with Crippen LogP contribution in [0.3, 0.4) is 0 Å². The Morgan fingerprint density at radius 3 is 2.52 bits per heavy atom. The van der Waals surface area contributed by atoms with Crippen molar-refractivity contribution in [2.75, 3.05) is 0 Å². The number of hydrogen-bond donors (Lipinski definition) is 0. The topological polar surface area (TPSA) is 49.6 Å². The summed E-state index contributed by atoms with van der Waals surface area (Å²) in [6.45, 7) is 14.1. The first kappa shape index (κ1) is 24.7. The minimum absolute atomic E-state index is 0.494. The summed E-state index contributed by atoms with van der Waals surface area (Å²) < 4.78 is 0. The molecule has 4 saturated carbocycles. The van der Waals surface area contributed by atoms with Crippen LogP contribution < -0.4 is 0 Å². The first-order valence-corrected chi connectivity index (χ1v) is 14.0. The Morgan fingerprint density at radius 1 is 1.00 bits per heavy atom. The quantitative estimate of drug-likeness (QED) is 0.472. The van der Waals surface area contributed by atoms with Crippen molar-refractivity contribution in [1.82, 2.24) is 9.97 Å². The van der Waals surface area contributed by atoms with Crippen molar-refractivity contribution < 1.29 is 0 Å². The Morgan fingerprint density at radius 2 is 1.76 bits per heavy atom. The predicted octanol–water partition coefficient (Wildman–Crippen LogP) is 7.85. The summed E-state index contributed by atoms with van der Waals surface area (Å²) in [4.78, 5) is 8.97. The van der Waals surface area contributed by atoms with Crippen molar-refractivity contribution in [2.24, 2.45) is 52.3 Å².